The van der Waals surface area contributed by atoms with Crippen molar-refractivity contribution in [2.24, 2.45) is 0 Å². The average Bonchev–Trinajstić information content (AvgIpc) is 3.23. The maximum Gasteiger partial charge on any atom is 0.256 e. The van der Waals surface area contributed by atoms with E-state index in [0.29, 0.717) is 13.1 Å². The van der Waals surface area contributed by atoms with Gasteiger partial charge in [-0.05, 0) is 36.4 Å². The minimum Gasteiger partial charge on any atom is -0.497 e. The third kappa shape index (κ3) is 4.98. The summed E-state index contributed by atoms with van der Waals surface area (Å²) in [6.45, 7) is 3.42. The summed E-state index contributed by atoms with van der Waals surface area (Å²) in [5.41, 5.74) is 2.17. The first-order valence-corrected chi connectivity index (χ1v) is 10.4. The molecule has 2 aromatic carbocycles. The highest BCUT2D eigenvalue weighted by atomic mass is 35.5. The van der Waals surface area contributed by atoms with Crippen molar-refractivity contribution in [1.82, 2.24) is 14.8 Å². The predicted octanol–water partition coefficient (Wildman–Crippen LogP) is 4.34. The highest BCUT2D eigenvalue weighted by molar-refractivity contribution is 7.09. The highest BCUT2D eigenvalue weighted by Crippen LogP contribution is 2.25. The van der Waals surface area contributed by atoms with E-state index >= 15 is 0 Å². The Morgan fingerprint density at radius 1 is 1.10 bits per heavy atom. The van der Waals surface area contributed by atoms with Crippen LogP contribution in [0.5, 0.6) is 5.75 Å². The van der Waals surface area contributed by atoms with Crippen molar-refractivity contribution in [3.63, 3.8) is 0 Å². The lowest BCUT2D eigenvalue weighted by Crippen LogP contribution is -2.48. The minimum absolute atomic E-state index is 0. The van der Waals surface area contributed by atoms with E-state index in [-0.39, 0.29) is 23.9 Å². The smallest absolute Gasteiger partial charge is 0.256 e. The first-order valence-electron chi connectivity index (χ1n) is 9.49. The zero-order chi connectivity index (χ0) is 20.2. The van der Waals surface area contributed by atoms with Crippen LogP contribution < -0.4 is 4.74 Å². The maximum absolute atomic E-state index is 13.9. The van der Waals surface area contributed by atoms with Gasteiger partial charge in [-0.15, -0.1) is 23.7 Å². The van der Waals surface area contributed by atoms with Gasteiger partial charge in [0.2, 0.25) is 0 Å². The van der Waals surface area contributed by atoms with Gasteiger partial charge in [0.15, 0.2) is 0 Å². The Hall–Kier alpha value is -2.48. The fourth-order valence-corrected chi connectivity index (χ4v) is 4.23. The molecule has 2 heterocycles. The number of hydrogen-bond donors (Lipinski definition) is 0. The van der Waals surface area contributed by atoms with Crippen LogP contribution in [0.15, 0.2) is 53.9 Å². The number of rotatable bonds is 5. The molecule has 1 aromatic heterocycles. The van der Waals surface area contributed by atoms with E-state index in [4.69, 9.17) is 9.72 Å². The van der Waals surface area contributed by atoms with E-state index in [0.717, 1.165) is 41.6 Å². The second kappa shape index (κ2) is 10.0. The fourth-order valence-electron chi connectivity index (χ4n) is 3.38. The van der Waals surface area contributed by atoms with E-state index in [1.54, 1.807) is 41.5 Å². The fraction of sp³-hybridized carbons (Fsp3) is 0.273. The molecule has 1 saturated heterocycles. The van der Waals surface area contributed by atoms with Gasteiger partial charge in [0.1, 0.15) is 16.6 Å². The molecule has 1 fully saturated rings. The van der Waals surface area contributed by atoms with Gasteiger partial charge in [-0.25, -0.2) is 9.37 Å². The van der Waals surface area contributed by atoms with Crippen molar-refractivity contribution in [1.29, 1.82) is 0 Å². The molecule has 0 atom stereocenters. The van der Waals surface area contributed by atoms with E-state index in [1.165, 1.54) is 6.07 Å². The topological polar surface area (TPSA) is 45.7 Å². The lowest BCUT2D eigenvalue weighted by atomic mass is 10.1. The van der Waals surface area contributed by atoms with Gasteiger partial charge in [0, 0.05) is 37.1 Å². The molecular formula is C22H23ClFN3O2S. The number of ether oxygens (including phenoxy) is 1. The van der Waals surface area contributed by atoms with Crippen molar-refractivity contribution in [3.05, 3.63) is 70.3 Å². The number of aromatic nitrogens is 1. The van der Waals surface area contributed by atoms with Gasteiger partial charge in [-0.2, -0.15) is 0 Å². The Balaban J connectivity index is 0.00000256. The van der Waals surface area contributed by atoms with Crippen molar-refractivity contribution in [2.45, 2.75) is 6.54 Å². The average molecular weight is 448 g/mol. The molecule has 0 radical (unpaired) electrons. The number of piperazine rings is 1. The van der Waals surface area contributed by atoms with Crippen molar-refractivity contribution in [3.8, 4) is 17.0 Å². The van der Waals surface area contributed by atoms with Gasteiger partial charge in [-0.3, -0.25) is 9.69 Å². The van der Waals surface area contributed by atoms with Gasteiger partial charge >= 0.3 is 0 Å². The van der Waals surface area contributed by atoms with Crippen LogP contribution in [0.2, 0.25) is 0 Å². The second-order valence-electron chi connectivity index (χ2n) is 6.90. The lowest BCUT2D eigenvalue weighted by Gasteiger charge is -2.34. The summed E-state index contributed by atoms with van der Waals surface area (Å²) in [5, 5.41) is 3.11. The lowest BCUT2D eigenvalue weighted by molar-refractivity contribution is 0.0624. The molecule has 8 heteroatoms. The molecule has 0 spiro atoms. The summed E-state index contributed by atoms with van der Waals surface area (Å²) in [6, 6.07) is 14.0. The third-order valence-electron chi connectivity index (χ3n) is 5.06. The first kappa shape index (κ1) is 22.2. The maximum atomic E-state index is 13.9. The normalized spacial score (nSPS) is 14.3. The summed E-state index contributed by atoms with van der Waals surface area (Å²) in [5.74, 6) is 0.125. The Morgan fingerprint density at radius 2 is 1.80 bits per heavy atom. The number of benzene rings is 2. The largest absolute Gasteiger partial charge is 0.497 e. The molecule has 1 aliphatic heterocycles. The standard InChI is InChI=1S/C22H22FN3O2S.ClH/c1-28-17-8-6-16(7-9-17)20-15-29-21(24-20)14-25-10-12-26(13-11-25)22(27)18-4-2-3-5-19(18)23;/h2-9,15H,10-14H2,1H3;1H. The van der Waals surface area contributed by atoms with Crippen LogP contribution in [-0.2, 0) is 6.54 Å². The van der Waals surface area contributed by atoms with Crippen LogP contribution in [0, 0.1) is 5.82 Å². The van der Waals surface area contributed by atoms with E-state index in [2.05, 4.69) is 10.3 Å². The molecule has 0 unspecified atom stereocenters. The Kier molecular flexibility index (Phi) is 7.42. The van der Waals surface area contributed by atoms with Crippen LogP contribution in [0.4, 0.5) is 4.39 Å². The molecule has 158 valence electrons. The van der Waals surface area contributed by atoms with Crippen LogP contribution >= 0.6 is 23.7 Å². The van der Waals surface area contributed by atoms with Crippen LogP contribution in [-0.4, -0.2) is 54.0 Å². The van der Waals surface area contributed by atoms with Crippen LogP contribution in [0.25, 0.3) is 11.3 Å². The third-order valence-corrected chi connectivity index (χ3v) is 5.89. The van der Waals surface area contributed by atoms with Crippen molar-refractivity contribution < 1.29 is 13.9 Å². The minimum atomic E-state index is -0.464. The summed E-state index contributed by atoms with van der Waals surface area (Å²) < 4.78 is 19.1. The molecule has 4 rings (SSSR count). The van der Waals surface area contributed by atoms with Gasteiger partial charge < -0.3 is 9.64 Å². The molecule has 0 N–H and O–H groups in total. The van der Waals surface area contributed by atoms with Crippen molar-refractivity contribution >= 4 is 29.7 Å². The number of thiazole rings is 1. The SMILES string of the molecule is COc1ccc(-c2csc(CN3CCN(C(=O)c4ccccc4F)CC3)n2)cc1.Cl. The molecular weight excluding hydrogens is 425 g/mol. The predicted molar refractivity (Wildman–Crippen MR) is 119 cm³/mol. The van der Waals surface area contributed by atoms with Crippen LogP contribution in [0.1, 0.15) is 15.4 Å². The molecule has 0 bridgehead atoms. The number of hydrogen-bond acceptors (Lipinski definition) is 5. The highest BCUT2D eigenvalue weighted by Gasteiger charge is 2.24. The van der Waals surface area contributed by atoms with E-state index in [1.807, 2.05) is 24.3 Å². The molecule has 30 heavy (non-hydrogen) atoms. The van der Waals surface area contributed by atoms with Gasteiger partial charge in [0.05, 0.1) is 24.9 Å². The molecule has 1 amide bonds. The molecule has 1 aliphatic rings. The molecule has 5 nitrogen and oxygen atoms in total. The first-order chi connectivity index (χ1) is 14.1. The number of carbonyl (C=O) groups is 1. The Bertz CT molecular complexity index is 988. The number of halogens is 2. The quantitative estimate of drug-likeness (QED) is 0.583. The number of amides is 1. The van der Waals surface area contributed by atoms with Crippen LogP contribution in [0.3, 0.4) is 0 Å². The van der Waals surface area contributed by atoms with E-state index < -0.39 is 5.82 Å². The summed E-state index contributed by atoms with van der Waals surface area (Å²) in [6.07, 6.45) is 0. The molecule has 3 aromatic rings. The van der Waals surface area contributed by atoms with E-state index in [9.17, 15) is 9.18 Å². The zero-order valence-electron chi connectivity index (χ0n) is 16.6. The number of nitrogens with zero attached hydrogens (tertiary/aromatic N) is 3. The Morgan fingerprint density at radius 3 is 2.47 bits per heavy atom. The summed E-state index contributed by atoms with van der Waals surface area (Å²) in [4.78, 5) is 21.3. The number of methoxy groups -OCH3 is 1. The monoisotopic (exact) mass is 447 g/mol. The molecule has 0 saturated carbocycles. The summed E-state index contributed by atoms with van der Waals surface area (Å²) >= 11 is 1.64. The summed E-state index contributed by atoms with van der Waals surface area (Å²) in [7, 11) is 1.65. The number of carbonyl (C=O) groups excluding carboxylic acids is 1. The van der Waals surface area contributed by atoms with Crippen molar-refractivity contribution in [2.75, 3.05) is 33.3 Å². The second-order valence-corrected chi connectivity index (χ2v) is 7.85. The van der Waals surface area contributed by atoms with Gasteiger partial charge in [-0.1, -0.05) is 12.1 Å². The molecule has 0 aliphatic carbocycles. The zero-order valence-corrected chi connectivity index (χ0v) is 18.2. The van der Waals surface area contributed by atoms with Gasteiger partial charge in [0.25, 0.3) is 5.91 Å². The Labute approximate surface area is 185 Å².